The lowest BCUT2D eigenvalue weighted by atomic mass is 9.89. The van der Waals surface area contributed by atoms with E-state index in [4.69, 9.17) is 11.6 Å². The van der Waals surface area contributed by atoms with Crippen molar-refractivity contribution >= 4 is 29.1 Å². The second-order valence-electron chi connectivity index (χ2n) is 5.28. The standard InChI is InChI=1S/C17H18ClNO/c1-2-3-10-19-15-7-5-4-6-12(15)11-13-16(19)9-8-14(18)17(13)20/h4-7,9,11,14H,2-3,8,10H2,1H3. The molecule has 0 N–H and O–H groups in total. The molecule has 104 valence electrons. The summed E-state index contributed by atoms with van der Waals surface area (Å²) < 4.78 is 0. The Morgan fingerprint density at radius 1 is 1.35 bits per heavy atom. The molecule has 1 atom stereocenters. The van der Waals surface area contributed by atoms with Gasteiger partial charge in [0.25, 0.3) is 0 Å². The molecule has 1 aromatic carbocycles. The molecule has 1 unspecified atom stereocenters. The number of unbranched alkanes of at least 4 members (excludes halogenated alkanes) is 1. The van der Waals surface area contributed by atoms with Crippen molar-refractivity contribution in [2.45, 2.75) is 31.6 Å². The summed E-state index contributed by atoms with van der Waals surface area (Å²) in [5, 5.41) is -0.414. The van der Waals surface area contributed by atoms with Crippen LogP contribution >= 0.6 is 11.6 Å². The van der Waals surface area contributed by atoms with Crippen LogP contribution in [0.1, 0.15) is 31.7 Å². The van der Waals surface area contributed by atoms with Gasteiger partial charge in [-0.2, -0.15) is 0 Å². The van der Waals surface area contributed by atoms with Crippen molar-refractivity contribution in [3.8, 4) is 0 Å². The first-order chi connectivity index (χ1) is 9.72. The summed E-state index contributed by atoms with van der Waals surface area (Å²) in [5.74, 6) is 0.0557. The number of ketones is 1. The summed E-state index contributed by atoms with van der Waals surface area (Å²) in [6.45, 7) is 3.12. The molecule has 3 rings (SSSR count). The molecular weight excluding hydrogens is 270 g/mol. The summed E-state index contributed by atoms with van der Waals surface area (Å²) in [6.07, 6.45) is 6.96. The van der Waals surface area contributed by atoms with E-state index in [-0.39, 0.29) is 5.78 Å². The second-order valence-corrected chi connectivity index (χ2v) is 5.81. The monoisotopic (exact) mass is 287 g/mol. The summed E-state index contributed by atoms with van der Waals surface area (Å²) in [6, 6.07) is 8.24. The van der Waals surface area contributed by atoms with E-state index < -0.39 is 5.38 Å². The number of nitrogens with zero attached hydrogens (tertiary/aromatic N) is 1. The number of benzene rings is 1. The van der Waals surface area contributed by atoms with E-state index in [1.54, 1.807) is 0 Å². The normalized spacial score (nSPS) is 21.0. The van der Waals surface area contributed by atoms with Crippen molar-refractivity contribution in [1.82, 2.24) is 0 Å². The lowest BCUT2D eigenvalue weighted by Gasteiger charge is -2.36. The number of allylic oxidation sites excluding steroid dienone is 2. The van der Waals surface area contributed by atoms with E-state index in [0.29, 0.717) is 6.42 Å². The zero-order chi connectivity index (χ0) is 14.1. The smallest absolute Gasteiger partial charge is 0.183 e. The Hall–Kier alpha value is -1.54. The zero-order valence-electron chi connectivity index (χ0n) is 11.6. The van der Waals surface area contributed by atoms with Crippen LogP contribution in [-0.2, 0) is 4.79 Å². The van der Waals surface area contributed by atoms with E-state index in [1.165, 1.54) is 5.69 Å². The van der Waals surface area contributed by atoms with E-state index >= 15 is 0 Å². The van der Waals surface area contributed by atoms with Crippen molar-refractivity contribution in [2.75, 3.05) is 11.4 Å². The van der Waals surface area contributed by atoms with Gasteiger partial charge < -0.3 is 4.90 Å². The van der Waals surface area contributed by atoms with E-state index in [9.17, 15) is 4.79 Å². The molecule has 0 saturated heterocycles. The van der Waals surface area contributed by atoms with Crippen molar-refractivity contribution in [2.24, 2.45) is 0 Å². The Bertz CT molecular complexity index is 603. The largest absolute Gasteiger partial charge is 0.341 e. The van der Waals surface area contributed by atoms with Gasteiger partial charge in [0.05, 0.1) is 0 Å². The van der Waals surface area contributed by atoms with Gasteiger partial charge in [0.1, 0.15) is 5.38 Å². The van der Waals surface area contributed by atoms with Crippen LogP contribution in [0.25, 0.3) is 6.08 Å². The van der Waals surface area contributed by atoms with Crippen LogP contribution in [0.15, 0.2) is 41.6 Å². The minimum Gasteiger partial charge on any atom is -0.341 e. The lowest BCUT2D eigenvalue weighted by Crippen LogP contribution is -2.34. The fraction of sp³-hybridized carbons (Fsp3) is 0.353. The molecule has 1 aliphatic carbocycles. The van der Waals surface area contributed by atoms with Crippen molar-refractivity contribution in [1.29, 1.82) is 0 Å². The van der Waals surface area contributed by atoms with Gasteiger partial charge in [0.2, 0.25) is 0 Å². The molecule has 0 saturated carbocycles. The summed E-state index contributed by atoms with van der Waals surface area (Å²) in [4.78, 5) is 14.6. The maximum absolute atomic E-state index is 12.3. The van der Waals surface area contributed by atoms with Crippen LogP contribution in [0, 0.1) is 0 Å². The third kappa shape index (κ3) is 2.18. The first-order valence-electron chi connectivity index (χ1n) is 7.19. The molecule has 1 heterocycles. The predicted octanol–water partition coefficient (Wildman–Crippen LogP) is 4.15. The fourth-order valence-electron chi connectivity index (χ4n) is 2.83. The Morgan fingerprint density at radius 3 is 2.95 bits per heavy atom. The number of carbonyl (C=O) groups excluding carboxylic acids is 1. The number of hydrogen-bond donors (Lipinski definition) is 0. The molecule has 3 heteroatoms. The fourth-order valence-corrected chi connectivity index (χ4v) is 3.03. The Labute approximate surface area is 124 Å². The van der Waals surface area contributed by atoms with Gasteiger partial charge in [-0.05, 0) is 30.5 Å². The van der Waals surface area contributed by atoms with Crippen molar-refractivity contribution in [3.05, 3.63) is 47.2 Å². The van der Waals surface area contributed by atoms with Gasteiger partial charge in [-0.25, -0.2) is 0 Å². The highest BCUT2D eigenvalue weighted by Gasteiger charge is 2.32. The molecule has 1 aromatic rings. The van der Waals surface area contributed by atoms with Crippen LogP contribution in [-0.4, -0.2) is 17.7 Å². The maximum Gasteiger partial charge on any atom is 0.183 e. The SMILES string of the molecule is CCCCN1C2=CCC(Cl)C(=O)C2=Cc2ccccc21. The molecule has 0 fully saturated rings. The molecule has 2 nitrogen and oxygen atoms in total. The number of fused-ring (bicyclic) bond motifs is 2. The van der Waals surface area contributed by atoms with Crippen LogP contribution in [0.5, 0.6) is 0 Å². The number of anilines is 1. The summed E-state index contributed by atoms with van der Waals surface area (Å²) in [5.41, 5.74) is 4.11. The molecule has 0 radical (unpaired) electrons. The molecule has 0 aromatic heterocycles. The maximum atomic E-state index is 12.3. The molecule has 0 bridgehead atoms. The Balaban J connectivity index is 2.09. The number of hydrogen-bond acceptors (Lipinski definition) is 2. The van der Waals surface area contributed by atoms with E-state index in [0.717, 1.165) is 36.2 Å². The number of para-hydroxylation sites is 1. The number of halogens is 1. The van der Waals surface area contributed by atoms with Gasteiger partial charge in [0.15, 0.2) is 5.78 Å². The first-order valence-corrected chi connectivity index (χ1v) is 7.63. The molecule has 1 aliphatic heterocycles. The van der Waals surface area contributed by atoms with Crippen LogP contribution < -0.4 is 4.90 Å². The number of Topliss-reactive ketones (excluding diaryl/α,β-unsaturated/α-hetero) is 1. The minimum absolute atomic E-state index is 0.0557. The number of rotatable bonds is 3. The second kappa shape index (κ2) is 5.45. The average molecular weight is 288 g/mol. The van der Waals surface area contributed by atoms with Gasteiger partial charge in [0, 0.05) is 23.5 Å². The summed E-state index contributed by atoms with van der Waals surface area (Å²) >= 11 is 6.11. The highest BCUT2D eigenvalue weighted by molar-refractivity contribution is 6.36. The number of carbonyl (C=O) groups is 1. The molecule has 0 spiro atoms. The highest BCUT2D eigenvalue weighted by atomic mass is 35.5. The van der Waals surface area contributed by atoms with Gasteiger partial charge in [-0.1, -0.05) is 37.6 Å². The van der Waals surface area contributed by atoms with Crippen molar-refractivity contribution < 1.29 is 4.79 Å². The van der Waals surface area contributed by atoms with E-state index in [2.05, 4.69) is 30.0 Å². The van der Waals surface area contributed by atoms with Crippen LogP contribution in [0.3, 0.4) is 0 Å². The quantitative estimate of drug-likeness (QED) is 0.778. The van der Waals surface area contributed by atoms with Gasteiger partial charge in [-0.15, -0.1) is 11.6 Å². The predicted molar refractivity (Wildman–Crippen MR) is 84.0 cm³/mol. The Morgan fingerprint density at radius 2 is 2.15 bits per heavy atom. The summed E-state index contributed by atoms with van der Waals surface area (Å²) in [7, 11) is 0. The highest BCUT2D eigenvalue weighted by Crippen LogP contribution is 2.38. The van der Waals surface area contributed by atoms with Crippen molar-refractivity contribution in [3.63, 3.8) is 0 Å². The molecular formula is C17H18ClNO. The van der Waals surface area contributed by atoms with Gasteiger partial charge >= 0.3 is 0 Å². The van der Waals surface area contributed by atoms with E-state index in [1.807, 2.05) is 18.2 Å². The molecule has 0 amide bonds. The first kappa shape index (κ1) is 13.4. The lowest BCUT2D eigenvalue weighted by molar-refractivity contribution is -0.115. The van der Waals surface area contributed by atoms with Gasteiger partial charge in [-0.3, -0.25) is 4.79 Å². The number of alkyl halides is 1. The molecule has 20 heavy (non-hydrogen) atoms. The topological polar surface area (TPSA) is 20.3 Å². The zero-order valence-corrected chi connectivity index (χ0v) is 12.4. The minimum atomic E-state index is -0.414. The third-order valence-electron chi connectivity index (χ3n) is 3.90. The van der Waals surface area contributed by atoms with Crippen LogP contribution in [0.4, 0.5) is 5.69 Å². The van der Waals surface area contributed by atoms with Crippen LogP contribution in [0.2, 0.25) is 0 Å². The molecule has 2 aliphatic rings. The average Bonchev–Trinajstić information content (AvgIpc) is 2.48. The Kier molecular flexibility index (Phi) is 3.66. The third-order valence-corrected chi connectivity index (χ3v) is 4.27.